The number of sulfonamides is 1. The van der Waals surface area contributed by atoms with Crippen molar-refractivity contribution in [2.45, 2.75) is 17.9 Å². The normalized spacial score (nSPS) is 10.9. The van der Waals surface area contributed by atoms with Crippen LogP contribution in [0.15, 0.2) is 45.9 Å². The van der Waals surface area contributed by atoms with Gasteiger partial charge in [-0.15, -0.1) is 0 Å². The molecule has 0 aliphatic heterocycles. The number of nitrogens with zero attached hydrogens (tertiary/aromatic N) is 1. The number of hydrogen-bond donors (Lipinski definition) is 2. The Labute approximate surface area is 122 Å². The molecule has 2 N–H and O–H groups in total. The largest absolute Gasteiger partial charge is 0.395 e. The lowest BCUT2D eigenvalue weighted by molar-refractivity contribution is 0.305. The third-order valence-electron chi connectivity index (χ3n) is 2.54. The number of aromatic nitrogens is 1. The quantitative estimate of drug-likeness (QED) is 0.800. The van der Waals surface area contributed by atoms with E-state index in [2.05, 4.69) is 21.7 Å². The first-order chi connectivity index (χ1) is 10.1. The molecule has 0 unspecified atom stereocenters. The smallest absolute Gasteiger partial charge is 0.241 e. The van der Waals surface area contributed by atoms with Crippen molar-refractivity contribution in [1.29, 1.82) is 0 Å². The average molecular weight is 306 g/mol. The summed E-state index contributed by atoms with van der Waals surface area (Å²) in [5.41, 5.74) is 0.575. The van der Waals surface area contributed by atoms with E-state index in [4.69, 9.17) is 9.63 Å². The van der Waals surface area contributed by atoms with Gasteiger partial charge < -0.3 is 9.63 Å². The van der Waals surface area contributed by atoms with Gasteiger partial charge in [-0.2, -0.15) is 0 Å². The summed E-state index contributed by atoms with van der Waals surface area (Å²) in [5.74, 6) is 5.97. The molecule has 110 valence electrons. The summed E-state index contributed by atoms with van der Waals surface area (Å²) in [6.07, 6.45) is 1.79. The van der Waals surface area contributed by atoms with Gasteiger partial charge in [0, 0.05) is 18.1 Å². The molecule has 0 fully saturated rings. The molecule has 0 saturated carbocycles. The van der Waals surface area contributed by atoms with Crippen molar-refractivity contribution in [2.24, 2.45) is 0 Å². The van der Waals surface area contributed by atoms with Crippen LogP contribution in [0.4, 0.5) is 0 Å². The van der Waals surface area contributed by atoms with E-state index in [1.807, 2.05) is 0 Å². The zero-order valence-electron chi connectivity index (χ0n) is 11.1. The molecule has 1 aromatic heterocycles. The number of rotatable bonds is 5. The summed E-state index contributed by atoms with van der Waals surface area (Å²) in [5, 5.41) is 12.2. The molecular weight excluding hydrogens is 292 g/mol. The molecule has 0 saturated heterocycles. The molecule has 0 aliphatic carbocycles. The van der Waals surface area contributed by atoms with Crippen molar-refractivity contribution >= 4 is 10.0 Å². The summed E-state index contributed by atoms with van der Waals surface area (Å²) in [6.45, 7) is 0.00643. The summed E-state index contributed by atoms with van der Waals surface area (Å²) >= 11 is 0. The van der Waals surface area contributed by atoms with Gasteiger partial charge in [-0.1, -0.05) is 23.1 Å². The predicted molar refractivity (Wildman–Crippen MR) is 75.6 cm³/mol. The Morgan fingerprint density at radius 3 is 2.90 bits per heavy atom. The van der Waals surface area contributed by atoms with Crippen LogP contribution in [0.2, 0.25) is 0 Å². The van der Waals surface area contributed by atoms with Gasteiger partial charge in [0.1, 0.15) is 0 Å². The first-order valence-corrected chi connectivity index (χ1v) is 7.69. The van der Waals surface area contributed by atoms with E-state index in [0.29, 0.717) is 17.7 Å². The van der Waals surface area contributed by atoms with E-state index in [-0.39, 0.29) is 18.0 Å². The molecule has 21 heavy (non-hydrogen) atoms. The fourth-order valence-corrected chi connectivity index (χ4v) is 2.58. The van der Waals surface area contributed by atoms with Gasteiger partial charge in [-0.3, -0.25) is 0 Å². The SMILES string of the molecule is O=S(=O)(NCc1ccno1)c1cccc(C#CCCO)c1. The van der Waals surface area contributed by atoms with E-state index in [1.165, 1.54) is 18.3 Å². The van der Waals surface area contributed by atoms with E-state index in [1.54, 1.807) is 18.2 Å². The van der Waals surface area contributed by atoms with E-state index in [0.717, 1.165) is 0 Å². The zero-order valence-corrected chi connectivity index (χ0v) is 11.9. The third-order valence-corrected chi connectivity index (χ3v) is 3.94. The van der Waals surface area contributed by atoms with Crippen molar-refractivity contribution < 1.29 is 18.0 Å². The van der Waals surface area contributed by atoms with Crippen molar-refractivity contribution in [3.63, 3.8) is 0 Å². The van der Waals surface area contributed by atoms with E-state index < -0.39 is 10.0 Å². The maximum absolute atomic E-state index is 12.1. The molecule has 2 aromatic rings. The van der Waals surface area contributed by atoms with Gasteiger partial charge in [0.2, 0.25) is 10.0 Å². The van der Waals surface area contributed by atoms with Crippen LogP contribution in [0.1, 0.15) is 17.7 Å². The molecule has 0 atom stereocenters. The minimum Gasteiger partial charge on any atom is -0.395 e. The second kappa shape index (κ2) is 7.04. The van der Waals surface area contributed by atoms with Crippen molar-refractivity contribution in [2.75, 3.05) is 6.61 Å². The average Bonchev–Trinajstić information content (AvgIpc) is 2.99. The van der Waals surface area contributed by atoms with Gasteiger partial charge in [-0.05, 0) is 18.2 Å². The maximum Gasteiger partial charge on any atom is 0.241 e. The van der Waals surface area contributed by atoms with Crippen LogP contribution in [-0.2, 0) is 16.6 Å². The number of benzene rings is 1. The first-order valence-electron chi connectivity index (χ1n) is 6.21. The van der Waals surface area contributed by atoms with Crippen LogP contribution < -0.4 is 4.72 Å². The molecular formula is C14H14N2O4S. The highest BCUT2D eigenvalue weighted by Crippen LogP contribution is 2.11. The van der Waals surface area contributed by atoms with Crippen LogP contribution in [0.25, 0.3) is 0 Å². The number of aliphatic hydroxyl groups excluding tert-OH is 1. The highest BCUT2D eigenvalue weighted by atomic mass is 32.2. The third kappa shape index (κ3) is 4.43. The van der Waals surface area contributed by atoms with Crippen molar-refractivity contribution in [1.82, 2.24) is 9.88 Å². The molecule has 0 amide bonds. The Morgan fingerprint density at radius 2 is 2.19 bits per heavy atom. The minimum atomic E-state index is -3.64. The predicted octanol–water partition coefficient (Wildman–Crippen LogP) is 0.887. The van der Waals surface area contributed by atoms with Crippen LogP contribution >= 0.6 is 0 Å². The fraction of sp³-hybridized carbons (Fsp3) is 0.214. The van der Waals surface area contributed by atoms with Gasteiger partial charge in [0.05, 0.1) is 24.2 Å². The van der Waals surface area contributed by atoms with Gasteiger partial charge in [0.25, 0.3) is 0 Å². The Kier molecular flexibility index (Phi) is 5.11. The monoisotopic (exact) mass is 306 g/mol. The molecule has 1 aromatic carbocycles. The maximum atomic E-state index is 12.1. The van der Waals surface area contributed by atoms with Crippen molar-refractivity contribution in [3.05, 3.63) is 47.9 Å². The zero-order chi connectivity index (χ0) is 15.1. The number of aliphatic hydroxyl groups is 1. The standard InChI is InChI=1S/C14H14N2O4S/c17-9-2-1-4-12-5-3-6-14(10-12)21(18,19)16-11-13-7-8-15-20-13/h3,5-8,10,16-17H,2,9,11H2. The Morgan fingerprint density at radius 1 is 1.33 bits per heavy atom. The Balaban J connectivity index is 2.12. The Bertz CT molecular complexity index is 743. The second-order valence-corrected chi connectivity index (χ2v) is 5.87. The number of hydrogen-bond acceptors (Lipinski definition) is 5. The number of nitrogens with one attached hydrogen (secondary N) is 1. The van der Waals surface area contributed by atoms with Crippen LogP contribution in [0.3, 0.4) is 0 Å². The molecule has 0 spiro atoms. The lowest BCUT2D eigenvalue weighted by Crippen LogP contribution is -2.23. The summed E-state index contributed by atoms with van der Waals surface area (Å²) in [4.78, 5) is 0.123. The lowest BCUT2D eigenvalue weighted by atomic mass is 10.2. The van der Waals surface area contributed by atoms with E-state index in [9.17, 15) is 8.42 Å². The topological polar surface area (TPSA) is 92.4 Å². The lowest BCUT2D eigenvalue weighted by Gasteiger charge is -2.05. The molecule has 6 nitrogen and oxygen atoms in total. The first kappa shape index (κ1) is 15.3. The second-order valence-electron chi connectivity index (χ2n) is 4.11. The molecule has 0 bridgehead atoms. The summed E-state index contributed by atoms with van der Waals surface area (Å²) in [7, 11) is -3.64. The van der Waals surface area contributed by atoms with Crippen molar-refractivity contribution in [3.8, 4) is 11.8 Å². The minimum absolute atomic E-state index is 0.0241. The van der Waals surface area contributed by atoms with Gasteiger partial charge >= 0.3 is 0 Å². The molecule has 1 heterocycles. The van der Waals surface area contributed by atoms with Crippen LogP contribution in [-0.4, -0.2) is 25.3 Å². The molecule has 0 radical (unpaired) electrons. The fourth-order valence-electron chi connectivity index (χ4n) is 1.54. The van der Waals surface area contributed by atoms with Crippen LogP contribution in [0, 0.1) is 11.8 Å². The van der Waals surface area contributed by atoms with Gasteiger partial charge in [-0.25, -0.2) is 13.1 Å². The van der Waals surface area contributed by atoms with E-state index >= 15 is 0 Å². The molecule has 7 heteroatoms. The highest BCUT2D eigenvalue weighted by Gasteiger charge is 2.14. The van der Waals surface area contributed by atoms with Gasteiger partial charge in [0.15, 0.2) is 5.76 Å². The van der Waals surface area contributed by atoms with Crippen LogP contribution in [0.5, 0.6) is 0 Å². The summed E-state index contributed by atoms with van der Waals surface area (Å²) in [6, 6.07) is 7.87. The molecule has 2 rings (SSSR count). The Hall–Kier alpha value is -2.14. The highest BCUT2D eigenvalue weighted by molar-refractivity contribution is 7.89. The molecule has 0 aliphatic rings. The summed E-state index contributed by atoms with van der Waals surface area (Å²) < 4.78 is 31.5.